The van der Waals surface area contributed by atoms with E-state index in [2.05, 4.69) is 9.47 Å². The van der Waals surface area contributed by atoms with E-state index in [0.29, 0.717) is 0 Å². The lowest BCUT2D eigenvalue weighted by atomic mass is 10.1. The lowest BCUT2D eigenvalue weighted by molar-refractivity contribution is -0.258. The molecule has 0 radical (unpaired) electrons. The minimum Gasteiger partial charge on any atom is -0.478 e. The van der Waals surface area contributed by atoms with Crippen LogP contribution in [0.2, 0.25) is 0 Å². The fourth-order valence-electron chi connectivity index (χ4n) is 1.02. The number of halogens is 3. The molecule has 20 heavy (non-hydrogen) atoms. The lowest BCUT2D eigenvalue weighted by Crippen LogP contribution is -2.51. The molecule has 1 unspecified atom stereocenters. The monoisotopic (exact) mass is 299 g/mol. The van der Waals surface area contributed by atoms with Crippen molar-refractivity contribution in [3.63, 3.8) is 0 Å². The Bertz CT molecular complexity index is 379. The van der Waals surface area contributed by atoms with Crippen LogP contribution in [0.5, 0.6) is 0 Å². The van der Waals surface area contributed by atoms with E-state index >= 15 is 0 Å². The molecule has 0 fully saturated rings. The average molecular weight is 299 g/mol. The molecule has 0 aromatic carbocycles. The number of dihydropyridines is 1. The van der Waals surface area contributed by atoms with E-state index in [1.807, 2.05) is 12.2 Å². The van der Waals surface area contributed by atoms with Gasteiger partial charge in [0, 0.05) is 19.9 Å². The number of allylic oxidation sites excluding steroid dienone is 2. The Hall–Kier alpha value is -1.58. The van der Waals surface area contributed by atoms with Gasteiger partial charge in [-0.2, -0.15) is 13.2 Å². The van der Waals surface area contributed by atoms with Crippen LogP contribution in [0.15, 0.2) is 23.9 Å². The molecule has 0 aromatic rings. The first-order chi connectivity index (χ1) is 9.16. The maximum Gasteiger partial charge on any atom is 0.412 e. The van der Waals surface area contributed by atoms with E-state index in [1.54, 1.807) is 7.11 Å². The fraction of sp³-hybridized carbons (Fsp3) is 0.545. The molecule has 0 saturated carbocycles. The molecule has 1 aliphatic heterocycles. The maximum atomic E-state index is 11.9. The Morgan fingerprint density at radius 3 is 2.45 bits per heavy atom. The number of carbonyl (C=O) groups is 1. The van der Waals surface area contributed by atoms with Gasteiger partial charge in [-0.1, -0.05) is 0 Å². The van der Waals surface area contributed by atoms with E-state index in [1.165, 1.54) is 6.08 Å². The summed E-state index contributed by atoms with van der Waals surface area (Å²) < 4.78 is 44.2. The second kappa shape index (κ2) is 7.88. The lowest BCUT2D eigenvalue weighted by Gasteiger charge is -2.30. The van der Waals surface area contributed by atoms with Gasteiger partial charge < -0.3 is 25.0 Å². The van der Waals surface area contributed by atoms with Gasteiger partial charge >= 0.3 is 12.1 Å². The summed E-state index contributed by atoms with van der Waals surface area (Å²) in [6, 6.07) is 0. The zero-order chi connectivity index (χ0) is 15.8. The zero-order valence-corrected chi connectivity index (χ0v) is 10.9. The first-order valence-electron chi connectivity index (χ1n) is 5.46. The molecule has 3 N–H and O–H groups in total. The van der Waals surface area contributed by atoms with Crippen molar-refractivity contribution in [2.45, 2.75) is 19.0 Å². The summed E-state index contributed by atoms with van der Waals surface area (Å²) in [5.41, 5.74) is -0.723. The highest BCUT2D eigenvalue weighted by Gasteiger charge is 2.41. The van der Waals surface area contributed by atoms with Gasteiger partial charge in [-0.05, 0) is 19.1 Å². The van der Waals surface area contributed by atoms with Crippen LogP contribution in [0.4, 0.5) is 13.2 Å². The second-order valence-corrected chi connectivity index (χ2v) is 3.51. The number of aliphatic carboxylic acids is 1. The number of methoxy groups -OCH3 is 1. The third-order valence-corrected chi connectivity index (χ3v) is 1.97. The molecule has 1 rings (SSSR count). The highest BCUT2D eigenvalue weighted by Crippen LogP contribution is 2.23. The first kappa shape index (κ1) is 18.4. The average Bonchev–Trinajstić information content (AvgIpc) is 2.36. The third kappa shape index (κ3) is 6.55. The summed E-state index contributed by atoms with van der Waals surface area (Å²) in [5, 5.41) is 20.2. The van der Waals surface area contributed by atoms with Crippen molar-refractivity contribution in [2.75, 3.05) is 20.3 Å². The Labute approximate surface area is 113 Å². The molecule has 0 saturated heterocycles. The van der Waals surface area contributed by atoms with Crippen molar-refractivity contribution in [3.05, 3.63) is 23.9 Å². The van der Waals surface area contributed by atoms with Crippen LogP contribution in [0, 0.1) is 0 Å². The van der Waals surface area contributed by atoms with Gasteiger partial charge in [0.25, 0.3) is 5.91 Å². The number of carboxylic acid groups (broad SMARTS) is 1. The van der Waals surface area contributed by atoms with Gasteiger partial charge in [0.05, 0.1) is 0 Å². The predicted molar refractivity (Wildman–Crippen MR) is 62.5 cm³/mol. The van der Waals surface area contributed by atoms with Gasteiger partial charge in [0.2, 0.25) is 0 Å². The fourth-order valence-corrected chi connectivity index (χ4v) is 1.02. The van der Waals surface area contributed by atoms with Gasteiger partial charge in [0.1, 0.15) is 12.2 Å². The smallest absolute Gasteiger partial charge is 0.412 e. The molecule has 9 heteroatoms. The Morgan fingerprint density at radius 1 is 1.50 bits per heavy atom. The first-order valence-corrected chi connectivity index (χ1v) is 5.46. The van der Waals surface area contributed by atoms with E-state index < -0.39 is 30.2 Å². The molecule has 0 bridgehead atoms. The van der Waals surface area contributed by atoms with Crippen LogP contribution in [-0.4, -0.2) is 48.6 Å². The van der Waals surface area contributed by atoms with Crippen molar-refractivity contribution < 1.29 is 37.7 Å². The molecule has 0 spiro atoms. The predicted octanol–water partition coefficient (Wildman–Crippen LogP) is 0.992. The van der Waals surface area contributed by atoms with Crippen molar-refractivity contribution in [1.29, 1.82) is 0 Å². The zero-order valence-electron chi connectivity index (χ0n) is 10.9. The molecule has 6 nitrogen and oxygen atoms in total. The molecule has 0 aromatic heterocycles. The summed E-state index contributed by atoms with van der Waals surface area (Å²) in [5.74, 6) is -4.25. The summed E-state index contributed by atoms with van der Waals surface area (Å²) >= 11 is 0. The number of alkyl halides is 3. The molecule has 0 amide bonds. The molecular weight excluding hydrogens is 283 g/mol. The van der Waals surface area contributed by atoms with E-state index in [0.717, 1.165) is 18.9 Å². The summed E-state index contributed by atoms with van der Waals surface area (Å²) in [6.07, 6.45) is -1.44. The minimum atomic E-state index is -4.66. The summed E-state index contributed by atoms with van der Waals surface area (Å²) in [4.78, 5) is 10.6. The largest absolute Gasteiger partial charge is 0.478 e. The van der Waals surface area contributed by atoms with Gasteiger partial charge in [-0.15, -0.1) is 0 Å². The quantitative estimate of drug-likeness (QED) is 0.671. The summed E-state index contributed by atoms with van der Waals surface area (Å²) in [6.45, 7) is 1.01. The highest BCUT2D eigenvalue weighted by atomic mass is 19.4. The number of ether oxygens (including phenoxy) is 2. The van der Waals surface area contributed by atoms with Crippen molar-refractivity contribution in [3.8, 4) is 0 Å². The van der Waals surface area contributed by atoms with Crippen LogP contribution < -0.4 is 5.32 Å². The summed E-state index contributed by atoms with van der Waals surface area (Å²) in [7, 11) is 1.68. The molecule has 1 atom stereocenters. The number of hydrogen-bond donors (Lipinski definition) is 3. The minimum absolute atomic E-state index is 0.723. The van der Waals surface area contributed by atoms with Gasteiger partial charge in [-0.3, -0.25) is 0 Å². The maximum absolute atomic E-state index is 11.9. The van der Waals surface area contributed by atoms with Crippen LogP contribution in [0.3, 0.4) is 0 Å². The molecule has 1 heterocycles. The normalized spacial score (nSPS) is 21.4. The van der Waals surface area contributed by atoms with Crippen LogP contribution >= 0.6 is 0 Å². The second-order valence-electron chi connectivity index (χ2n) is 3.51. The van der Waals surface area contributed by atoms with E-state index in [9.17, 15) is 23.1 Å². The van der Waals surface area contributed by atoms with Crippen LogP contribution in [0.1, 0.15) is 6.92 Å². The number of rotatable bonds is 4. The van der Waals surface area contributed by atoms with Crippen LogP contribution in [0.25, 0.3) is 0 Å². The number of hydrogen-bond acceptors (Lipinski definition) is 5. The van der Waals surface area contributed by atoms with Gasteiger partial charge in [0.15, 0.2) is 0 Å². The number of carboxylic acids is 1. The van der Waals surface area contributed by atoms with Gasteiger partial charge in [-0.25, -0.2) is 4.79 Å². The van der Waals surface area contributed by atoms with Crippen molar-refractivity contribution >= 4 is 5.97 Å². The molecule has 0 aliphatic carbocycles. The molecule has 1 aliphatic rings. The third-order valence-electron chi connectivity index (χ3n) is 1.97. The van der Waals surface area contributed by atoms with Crippen molar-refractivity contribution in [2.24, 2.45) is 0 Å². The SMILES string of the molecule is CCOC.O=C(O)C1=CC=CNC1(O)OCC(F)(F)F. The molecular formula is C11H16F3NO5. The molecule has 116 valence electrons. The number of aliphatic hydroxyl groups is 1. The topological polar surface area (TPSA) is 88.0 Å². The van der Waals surface area contributed by atoms with E-state index in [-0.39, 0.29) is 0 Å². The standard InChI is InChI=1S/C8H8F3NO4.C3H8O/c9-7(10,11)4-16-8(15)5(6(13)14)2-1-3-12-8;1-3-4-2/h1-3,12,15H,4H2,(H,13,14);3H2,1-2H3. The Balaban J connectivity index is 0.000000796. The highest BCUT2D eigenvalue weighted by molar-refractivity contribution is 5.89. The van der Waals surface area contributed by atoms with E-state index in [4.69, 9.17) is 5.11 Å². The Morgan fingerprint density at radius 2 is 2.05 bits per heavy atom. The van der Waals surface area contributed by atoms with Crippen molar-refractivity contribution in [1.82, 2.24) is 5.32 Å². The number of nitrogens with one attached hydrogen (secondary N) is 1. The Kier molecular flexibility index (Phi) is 7.25. The van der Waals surface area contributed by atoms with Crippen LogP contribution in [-0.2, 0) is 14.3 Å².